The van der Waals surface area contributed by atoms with Gasteiger partial charge in [0.25, 0.3) is 0 Å². The van der Waals surface area contributed by atoms with Gasteiger partial charge in [0.1, 0.15) is 6.33 Å². The molecule has 0 aliphatic carbocycles. The van der Waals surface area contributed by atoms with Gasteiger partial charge in [-0.15, -0.1) is 0 Å². The standard InChI is InChI=1S/C12H13N3O2/c1-2-17-11(16)6-10-8-4-3-5-9(13)12(8)15-7-14-10/h3-5,7H,2,6,13H2,1H3. The first-order valence-corrected chi connectivity index (χ1v) is 5.36. The van der Waals surface area contributed by atoms with Gasteiger partial charge in [-0.25, -0.2) is 9.97 Å². The van der Waals surface area contributed by atoms with E-state index in [1.54, 1.807) is 13.0 Å². The normalized spacial score (nSPS) is 10.4. The summed E-state index contributed by atoms with van der Waals surface area (Å²) in [5.41, 5.74) is 7.69. The lowest BCUT2D eigenvalue weighted by Crippen LogP contribution is -2.09. The summed E-state index contributed by atoms with van der Waals surface area (Å²) in [6.07, 6.45) is 1.55. The van der Waals surface area contributed by atoms with Crippen LogP contribution in [0.1, 0.15) is 12.6 Å². The Morgan fingerprint density at radius 2 is 2.24 bits per heavy atom. The number of hydrogen-bond acceptors (Lipinski definition) is 5. The highest BCUT2D eigenvalue weighted by Gasteiger charge is 2.10. The predicted molar refractivity (Wildman–Crippen MR) is 64.3 cm³/mol. The van der Waals surface area contributed by atoms with E-state index in [4.69, 9.17) is 10.5 Å². The van der Waals surface area contributed by atoms with Crippen LogP contribution >= 0.6 is 0 Å². The molecule has 0 fully saturated rings. The summed E-state index contributed by atoms with van der Waals surface area (Å²) < 4.78 is 4.89. The Labute approximate surface area is 98.6 Å². The number of carbonyl (C=O) groups excluding carboxylic acids is 1. The third kappa shape index (κ3) is 2.33. The zero-order valence-electron chi connectivity index (χ0n) is 9.51. The second kappa shape index (κ2) is 4.78. The van der Waals surface area contributed by atoms with Crippen molar-refractivity contribution in [2.45, 2.75) is 13.3 Å². The lowest BCUT2D eigenvalue weighted by Gasteiger charge is -2.06. The zero-order valence-corrected chi connectivity index (χ0v) is 9.51. The third-order valence-corrected chi connectivity index (χ3v) is 2.40. The summed E-state index contributed by atoms with van der Waals surface area (Å²) in [5, 5.41) is 0.792. The number of anilines is 1. The van der Waals surface area contributed by atoms with Crippen LogP contribution in [0, 0.1) is 0 Å². The number of benzene rings is 1. The number of aromatic nitrogens is 2. The lowest BCUT2D eigenvalue weighted by molar-refractivity contribution is -0.142. The van der Waals surface area contributed by atoms with Gasteiger partial charge in [0.2, 0.25) is 0 Å². The van der Waals surface area contributed by atoms with Crippen LogP contribution in [-0.4, -0.2) is 22.5 Å². The van der Waals surface area contributed by atoms with Crippen molar-refractivity contribution in [2.75, 3.05) is 12.3 Å². The van der Waals surface area contributed by atoms with Crippen molar-refractivity contribution in [3.05, 3.63) is 30.2 Å². The first kappa shape index (κ1) is 11.3. The van der Waals surface area contributed by atoms with Gasteiger partial charge in [-0.1, -0.05) is 12.1 Å². The van der Waals surface area contributed by atoms with Gasteiger partial charge >= 0.3 is 5.97 Å². The summed E-state index contributed by atoms with van der Waals surface area (Å²) in [6.45, 7) is 2.14. The van der Waals surface area contributed by atoms with Gasteiger partial charge in [-0.2, -0.15) is 0 Å². The van der Waals surface area contributed by atoms with E-state index in [2.05, 4.69) is 9.97 Å². The van der Waals surface area contributed by atoms with Gasteiger partial charge in [0, 0.05) is 5.39 Å². The third-order valence-electron chi connectivity index (χ3n) is 2.40. The van der Waals surface area contributed by atoms with E-state index in [9.17, 15) is 4.79 Å². The molecule has 1 heterocycles. The molecule has 0 saturated carbocycles. The van der Waals surface area contributed by atoms with E-state index < -0.39 is 0 Å². The first-order valence-electron chi connectivity index (χ1n) is 5.36. The lowest BCUT2D eigenvalue weighted by atomic mass is 10.1. The van der Waals surface area contributed by atoms with Gasteiger partial charge in [-0.05, 0) is 13.0 Å². The van der Waals surface area contributed by atoms with Gasteiger partial charge in [0.05, 0.1) is 29.9 Å². The average molecular weight is 231 g/mol. The van der Waals surface area contributed by atoms with Crippen LogP contribution in [-0.2, 0) is 16.0 Å². The summed E-state index contributed by atoms with van der Waals surface area (Å²) >= 11 is 0. The molecular formula is C12H13N3O2. The van der Waals surface area contributed by atoms with Gasteiger partial charge in [-0.3, -0.25) is 4.79 Å². The van der Waals surface area contributed by atoms with Crippen molar-refractivity contribution in [1.82, 2.24) is 9.97 Å². The number of nitrogen functional groups attached to an aromatic ring is 1. The van der Waals surface area contributed by atoms with Crippen molar-refractivity contribution in [3.8, 4) is 0 Å². The Morgan fingerprint density at radius 3 is 3.00 bits per heavy atom. The number of ether oxygens (including phenoxy) is 1. The maximum absolute atomic E-state index is 11.4. The fourth-order valence-electron chi connectivity index (χ4n) is 1.65. The van der Waals surface area contributed by atoms with Crippen LogP contribution in [0.5, 0.6) is 0 Å². The Kier molecular flexibility index (Phi) is 3.18. The average Bonchev–Trinajstić information content (AvgIpc) is 2.31. The second-order valence-electron chi connectivity index (χ2n) is 3.55. The quantitative estimate of drug-likeness (QED) is 0.636. The molecule has 0 bridgehead atoms. The zero-order chi connectivity index (χ0) is 12.3. The van der Waals surface area contributed by atoms with Crippen molar-refractivity contribution in [2.24, 2.45) is 0 Å². The molecule has 1 aromatic carbocycles. The maximum atomic E-state index is 11.4. The Morgan fingerprint density at radius 1 is 1.41 bits per heavy atom. The molecule has 17 heavy (non-hydrogen) atoms. The van der Waals surface area contributed by atoms with Crippen molar-refractivity contribution in [1.29, 1.82) is 0 Å². The SMILES string of the molecule is CCOC(=O)Cc1ncnc2c(N)cccc12. The molecule has 0 spiro atoms. The first-order chi connectivity index (χ1) is 8.22. The van der Waals surface area contributed by atoms with E-state index in [-0.39, 0.29) is 12.4 Å². The molecule has 0 radical (unpaired) electrons. The van der Waals surface area contributed by atoms with E-state index in [0.717, 1.165) is 5.39 Å². The summed E-state index contributed by atoms with van der Waals surface area (Å²) in [6, 6.07) is 5.43. The number of nitrogens with two attached hydrogens (primary N) is 1. The molecule has 2 N–H and O–H groups in total. The van der Waals surface area contributed by atoms with Crippen LogP contribution in [0.3, 0.4) is 0 Å². The molecule has 2 aromatic rings. The minimum absolute atomic E-state index is 0.135. The van der Waals surface area contributed by atoms with E-state index >= 15 is 0 Å². The topological polar surface area (TPSA) is 78.1 Å². The van der Waals surface area contributed by atoms with E-state index in [0.29, 0.717) is 23.5 Å². The number of esters is 1. The molecule has 0 saturated heterocycles. The highest BCUT2D eigenvalue weighted by molar-refractivity contribution is 5.92. The molecule has 1 aromatic heterocycles. The maximum Gasteiger partial charge on any atom is 0.311 e. The van der Waals surface area contributed by atoms with Crippen molar-refractivity contribution in [3.63, 3.8) is 0 Å². The summed E-state index contributed by atoms with van der Waals surface area (Å²) in [7, 11) is 0. The molecule has 5 nitrogen and oxygen atoms in total. The van der Waals surface area contributed by atoms with Crippen LogP contribution in [0.4, 0.5) is 5.69 Å². The molecule has 0 aliphatic rings. The number of hydrogen-bond donors (Lipinski definition) is 1. The van der Waals surface area contributed by atoms with Gasteiger partial charge < -0.3 is 10.5 Å². The van der Waals surface area contributed by atoms with Crippen molar-refractivity contribution < 1.29 is 9.53 Å². The minimum atomic E-state index is -0.296. The molecule has 2 rings (SSSR count). The molecular weight excluding hydrogens is 218 g/mol. The van der Waals surface area contributed by atoms with E-state index in [1.165, 1.54) is 6.33 Å². The number of nitrogens with zero attached hydrogens (tertiary/aromatic N) is 2. The Bertz CT molecular complexity index is 554. The number of para-hydroxylation sites is 1. The minimum Gasteiger partial charge on any atom is -0.466 e. The second-order valence-corrected chi connectivity index (χ2v) is 3.55. The molecule has 0 aliphatic heterocycles. The Balaban J connectivity index is 2.41. The fourth-order valence-corrected chi connectivity index (χ4v) is 1.65. The number of rotatable bonds is 3. The number of carbonyl (C=O) groups is 1. The number of fused-ring (bicyclic) bond motifs is 1. The molecule has 0 amide bonds. The van der Waals surface area contributed by atoms with Crippen LogP contribution in [0.2, 0.25) is 0 Å². The molecule has 5 heteroatoms. The van der Waals surface area contributed by atoms with Gasteiger partial charge in [0.15, 0.2) is 0 Å². The van der Waals surface area contributed by atoms with E-state index in [1.807, 2.05) is 12.1 Å². The fraction of sp³-hybridized carbons (Fsp3) is 0.250. The predicted octanol–water partition coefficient (Wildman–Crippen LogP) is 1.32. The molecule has 88 valence electrons. The van der Waals surface area contributed by atoms with Crippen LogP contribution < -0.4 is 5.73 Å². The van der Waals surface area contributed by atoms with Crippen molar-refractivity contribution >= 4 is 22.6 Å². The smallest absolute Gasteiger partial charge is 0.311 e. The molecule has 0 unspecified atom stereocenters. The largest absolute Gasteiger partial charge is 0.466 e. The van der Waals surface area contributed by atoms with Crippen LogP contribution in [0.15, 0.2) is 24.5 Å². The highest BCUT2D eigenvalue weighted by Crippen LogP contribution is 2.20. The summed E-state index contributed by atoms with van der Waals surface area (Å²) in [5.74, 6) is -0.296. The molecule has 0 atom stereocenters. The summed E-state index contributed by atoms with van der Waals surface area (Å²) in [4.78, 5) is 19.6. The monoisotopic (exact) mass is 231 g/mol. The van der Waals surface area contributed by atoms with Crippen LogP contribution in [0.25, 0.3) is 10.9 Å². The Hall–Kier alpha value is -2.17. The highest BCUT2D eigenvalue weighted by atomic mass is 16.5.